The van der Waals surface area contributed by atoms with Crippen molar-refractivity contribution in [1.82, 2.24) is 0 Å². The molecule has 0 radical (unpaired) electrons. The summed E-state index contributed by atoms with van der Waals surface area (Å²) in [6.45, 7) is 0.0686. The molecule has 5 heteroatoms. The Balaban J connectivity index is 3.81. The Morgan fingerprint density at radius 2 is 1.82 bits per heavy atom. The molecule has 0 aromatic carbocycles. The van der Waals surface area contributed by atoms with Crippen molar-refractivity contribution >= 4 is 11.8 Å². The summed E-state index contributed by atoms with van der Waals surface area (Å²) in [5.74, 6) is -1.80. The first kappa shape index (κ1) is 10.1. The number of carbonyl (C=O) groups is 2. The Kier molecular flexibility index (Phi) is 4.40. The number of hydrogen-bond acceptors (Lipinski definition) is 5. The molecule has 0 aromatic rings. The molecule has 0 bridgehead atoms. The molecule has 0 spiro atoms. The summed E-state index contributed by atoms with van der Waals surface area (Å²) >= 11 is 0. The Morgan fingerprint density at radius 3 is 2.09 bits per heavy atom. The number of Topliss-reactive ketones (excluding diaryl/α,β-unsaturated/α-hetero) is 1. The molecule has 0 amide bonds. The van der Waals surface area contributed by atoms with Crippen LogP contribution in [0, 0.1) is 0 Å². The molecule has 5 nitrogen and oxygen atoms in total. The maximum absolute atomic E-state index is 10.5. The van der Waals surface area contributed by atoms with E-state index in [9.17, 15) is 9.59 Å². The number of hydrogen-bond donors (Lipinski definition) is 2. The van der Waals surface area contributed by atoms with Crippen molar-refractivity contribution in [3.63, 3.8) is 0 Å². The van der Waals surface area contributed by atoms with Gasteiger partial charge in [0.15, 0.2) is 0 Å². The summed E-state index contributed by atoms with van der Waals surface area (Å²) in [6, 6.07) is 0. The zero-order valence-corrected chi connectivity index (χ0v) is 6.11. The van der Waals surface area contributed by atoms with Gasteiger partial charge in [-0.25, -0.2) is 4.79 Å². The Labute approximate surface area is 63.6 Å². The van der Waals surface area contributed by atoms with E-state index in [0.29, 0.717) is 0 Å². The Hall–Kier alpha value is -0.940. The van der Waals surface area contributed by atoms with E-state index in [1.807, 2.05) is 0 Å². The van der Waals surface area contributed by atoms with Crippen LogP contribution in [-0.2, 0) is 14.3 Å². The number of aliphatic hydroxyl groups is 2. The van der Waals surface area contributed by atoms with Crippen LogP contribution in [0.3, 0.4) is 0 Å². The molecule has 0 atom stereocenters. The predicted octanol–water partition coefficient (Wildman–Crippen LogP) is -1.53. The lowest BCUT2D eigenvalue weighted by molar-refractivity contribution is -0.160. The lowest BCUT2D eigenvalue weighted by Crippen LogP contribution is -2.28. The SMILES string of the molecule is CC(=O)C(=O)OC(CO)CO. The van der Waals surface area contributed by atoms with Gasteiger partial charge < -0.3 is 14.9 Å². The fourth-order valence-electron chi connectivity index (χ4n) is 0.367. The third-order valence-corrected chi connectivity index (χ3v) is 0.968. The molecule has 64 valence electrons. The second kappa shape index (κ2) is 4.81. The number of rotatable bonds is 4. The lowest BCUT2D eigenvalue weighted by Gasteiger charge is -2.10. The number of aliphatic hydroxyl groups excluding tert-OH is 2. The van der Waals surface area contributed by atoms with Crippen molar-refractivity contribution in [3.05, 3.63) is 0 Å². The van der Waals surface area contributed by atoms with Crippen molar-refractivity contribution in [3.8, 4) is 0 Å². The van der Waals surface area contributed by atoms with Crippen LogP contribution in [0.5, 0.6) is 0 Å². The molecule has 11 heavy (non-hydrogen) atoms. The fourth-order valence-corrected chi connectivity index (χ4v) is 0.367. The summed E-state index contributed by atoms with van der Waals surface area (Å²) < 4.78 is 4.32. The van der Waals surface area contributed by atoms with Crippen LogP contribution in [0.4, 0.5) is 0 Å². The van der Waals surface area contributed by atoms with E-state index in [1.54, 1.807) is 0 Å². The summed E-state index contributed by atoms with van der Waals surface area (Å²) in [6.07, 6.45) is -0.994. The molecule has 2 N–H and O–H groups in total. The highest BCUT2D eigenvalue weighted by Gasteiger charge is 2.15. The molecule has 0 saturated carbocycles. The maximum atomic E-state index is 10.5. The number of ketones is 1. The summed E-state index contributed by atoms with van der Waals surface area (Å²) in [5.41, 5.74) is 0. The first-order valence-corrected chi connectivity index (χ1v) is 3.05. The van der Waals surface area contributed by atoms with Gasteiger partial charge in [-0.3, -0.25) is 4.79 Å². The van der Waals surface area contributed by atoms with Gasteiger partial charge in [-0.15, -0.1) is 0 Å². The van der Waals surface area contributed by atoms with Gasteiger partial charge in [-0.2, -0.15) is 0 Å². The van der Waals surface area contributed by atoms with Crippen LogP contribution < -0.4 is 0 Å². The highest BCUT2D eigenvalue weighted by molar-refractivity contribution is 6.32. The van der Waals surface area contributed by atoms with E-state index in [0.717, 1.165) is 6.92 Å². The van der Waals surface area contributed by atoms with Crippen LogP contribution in [0.1, 0.15) is 6.92 Å². The highest BCUT2D eigenvalue weighted by Crippen LogP contribution is 1.90. The van der Waals surface area contributed by atoms with Crippen LogP contribution in [0.25, 0.3) is 0 Å². The first-order valence-electron chi connectivity index (χ1n) is 3.05. The van der Waals surface area contributed by atoms with Gasteiger partial charge in [0.05, 0.1) is 13.2 Å². The minimum atomic E-state index is -1.04. The Bertz CT molecular complexity index is 149. The van der Waals surface area contributed by atoms with Gasteiger partial charge in [-0.05, 0) is 0 Å². The molecule has 0 rings (SSSR count). The third kappa shape index (κ3) is 3.69. The number of ether oxygens (including phenoxy) is 1. The molecule has 0 fully saturated rings. The molecule has 0 saturated heterocycles. The lowest BCUT2D eigenvalue weighted by atomic mass is 10.4. The van der Waals surface area contributed by atoms with Crippen molar-refractivity contribution in [2.24, 2.45) is 0 Å². The molecular formula is C6H10O5. The van der Waals surface area contributed by atoms with Gasteiger partial charge in [0.2, 0.25) is 5.78 Å². The third-order valence-electron chi connectivity index (χ3n) is 0.968. The van der Waals surface area contributed by atoms with Crippen molar-refractivity contribution in [1.29, 1.82) is 0 Å². The van der Waals surface area contributed by atoms with E-state index >= 15 is 0 Å². The van der Waals surface area contributed by atoms with Gasteiger partial charge in [-0.1, -0.05) is 0 Å². The van der Waals surface area contributed by atoms with Gasteiger partial charge in [0, 0.05) is 6.92 Å². The summed E-state index contributed by atoms with van der Waals surface area (Å²) in [5, 5.41) is 16.8. The van der Waals surface area contributed by atoms with E-state index in [2.05, 4.69) is 4.74 Å². The van der Waals surface area contributed by atoms with Gasteiger partial charge in [0.1, 0.15) is 6.10 Å². The average Bonchev–Trinajstić information content (AvgIpc) is 1.99. The highest BCUT2D eigenvalue weighted by atomic mass is 16.6. The van der Waals surface area contributed by atoms with Gasteiger partial charge in [0.25, 0.3) is 0 Å². The smallest absolute Gasteiger partial charge is 0.374 e. The molecule has 0 heterocycles. The fraction of sp³-hybridized carbons (Fsp3) is 0.667. The van der Waals surface area contributed by atoms with E-state index < -0.39 is 31.1 Å². The van der Waals surface area contributed by atoms with Crippen LogP contribution in [-0.4, -0.2) is 41.3 Å². The minimum Gasteiger partial charge on any atom is -0.452 e. The number of esters is 1. The van der Waals surface area contributed by atoms with Gasteiger partial charge >= 0.3 is 5.97 Å². The number of carbonyl (C=O) groups excluding carboxylic acids is 2. The normalized spacial score (nSPS) is 9.82. The summed E-state index contributed by atoms with van der Waals surface area (Å²) in [4.78, 5) is 20.8. The quantitative estimate of drug-likeness (QED) is 0.387. The van der Waals surface area contributed by atoms with E-state index in [1.165, 1.54) is 0 Å². The van der Waals surface area contributed by atoms with Crippen LogP contribution in [0.2, 0.25) is 0 Å². The Morgan fingerprint density at radius 1 is 1.36 bits per heavy atom. The minimum absolute atomic E-state index is 0.491. The standard InChI is InChI=1S/C6H10O5/c1-4(9)6(10)11-5(2-7)3-8/h5,7-8H,2-3H2,1H3. The maximum Gasteiger partial charge on any atom is 0.374 e. The average molecular weight is 162 g/mol. The largest absolute Gasteiger partial charge is 0.452 e. The predicted molar refractivity (Wildman–Crippen MR) is 34.7 cm³/mol. The van der Waals surface area contributed by atoms with E-state index in [4.69, 9.17) is 10.2 Å². The molecule has 0 aliphatic rings. The molecular weight excluding hydrogens is 152 g/mol. The van der Waals surface area contributed by atoms with Crippen LogP contribution in [0.15, 0.2) is 0 Å². The summed E-state index contributed by atoms with van der Waals surface area (Å²) in [7, 11) is 0. The second-order valence-electron chi connectivity index (χ2n) is 1.95. The van der Waals surface area contributed by atoms with Crippen LogP contribution >= 0.6 is 0 Å². The van der Waals surface area contributed by atoms with Crippen molar-refractivity contribution in [2.75, 3.05) is 13.2 Å². The molecule has 0 unspecified atom stereocenters. The molecule has 0 aliphatic carbocycles. The van der Waals surface area contributed by atoms with Crippen molar-refractivity contribution in [2.45, 2.75) is 13.0 Å². The zero-order chi connectivity index (χ0) is 8.85. The van der Waals surface area contributed by atoms with Crippen molar-refractivity contribution < 1.29 is 24.5 Å². The second-order valence-corrected chi connectivity index (χ2v) is 1.95. The molecule has 0 aromatic heterocycles. The first-order chi connectivity index (χ1) is 5.11. The molecule has 0 aliphatic heterocycles. The zero-order valence-electron chi connectivity index (χ0n) is 6.11. The monoisotopic (exact) mass is 162 g/mol. The topological polar surface area (TPSA) is 83.8 Å². The van der Waals surface area contributed by atoms with E-state index in [-0.39, 0.29) is 0 Å².